The quantitative estimate of drug-likeness (QED) is 0.0723. The maximum atomic E-state index is 14.7. The fourth-order valence-electron chi connectivity index (χ4n) is 11.4. The number of aromatic nitrogens is 2. The van der Waals surface area contributed by atoms with Gasteiger partial charge in [0.2, 0.25) is 5.91 Å². The number of hydrogen-bond donors (Lipinski definition) is 4. The van der Waals surface area contributed by atoms with Crippen LogP contribution in [-0.4, -0.2) is 82.5 Å². The third-order valence-corrected chi connectivity index (χ3v) is 16.6. The van der Waals surface area contributed by atoms with Gasteiger partial charge in [0, 0.05) is 55.6 Å². The van der Waals surface area contributed by atoms with Crippen LogP contribution in [0.4, 0.5) is 21.5 Å². The van der Waals surface area contributed by atoms with Gasteiger partial charge in [-0.2, -0.15) is 0 Å². The molecule has 18 heteroatoms. The highest BCUT2D eigenvalue weighted by Crippen LogP contribution is 2.55. The number of aromatic amines is 1. The number of nitrogens with one attached hydrogen (secondary N) is 3. The lowest BCUT2D eigenvalue weighted by atomic mass is 9.59. The van der Waals surface area contributed by atoms with Crippen LogP contribution in [0, 0.1) is 27.3 Å². The van der Waals surface area contributed by atoms with E-state index >= 15 is 0 Å². The lowest BCUT2D eigenvalue weighted by molar-refractivity contribution is -0.384. The molecule has 2 saturated heterocycles. The molecule has 3 aromatic carbocycles. The number of H-pyrrole nitrogens is 1. The molecule has 0 bridgehead atoms. The van der Waals surface area contributed by atoms with Crippen LogP contribution in [0.5, 0.6) is 17.2 Å². The highest BCUT2D eigenvalue weighted by Gasteiger charge is 2.52. The van der Waals surface area contributed by atoms with Gasteiger partial charge in [-0.3, -0.25) is 19.7 Å². The van der Waals surface area contributed by atoms with E-state index in [2.05, 4.69) is 67.9 Å². The normalized spacial score (nSPS) is 23.8. The largest absolute Gasteiger partial charge is 0.489 e. The molecule has 5 heterocycles. The predicted octanol–water partition coefficient (Wildman–Crippen LogP) is 8.87. The summed E-state index contributed by atoms with van der Waals surface area (Å²) >= 11 is 0. The lowest BCUT2D eigenvalue weighted by Gasteiger charge is -2.56. The Morgan fingerprint density at radius 2 is 1.81 bits per heavy atom. The van der Waals surface area contributed by atoms with Crippen molar-refractivity contribution in [2.75, 3.05) is 29.9 Å². The van der Waals surface area contributed by atoms with Crippen molar-refractivity contribution < 1.29 is 41.9 Å². The summed E-state index contributed by atoms with van der Waals surface area (Å²) in [4.78, 5) is 50.0. The second kappa shape index (κ2) is 17.4. The van der Waals surface area contributed by atoms with Crippen LogP contribution in [0.25, 0.3) is 11.0 Å². The van der Waals surface area contributed by atoms with Crippen LogP contribution < -0.4 is 24.4 Å². The molecule has 2 aliphatic carbocycles. The Kier molecular flexibility index (Phi) is 11.6. The van der Waals surface area contributed by atoms with Gasteiger partial charge in [0.15, 0.2) is 11.4 Å². The molecule has 0 unspecified atom stereocenters. The van der Waals surface area contributed by atoms with Crippen LogP contribution >= 0.6 is 0 Å². The number of benzene rings is 3. The Balaban J connectivity index is 0.867. The van der Waals surface area contributed by atoms with Gasteiger partial charge in [-0.15, -0.1) is 0 Å². The summed E-state index contributed by atoms with van der Waals surface area (Å²) in [5.41, 5.74) is 2.22. The number of amides is 2. The van der Waals surface area contributed by atoms with Crippen LogP contribution in [0.1, 0.15) is 118 Å². The van der Waals surface area contributed by atoms with Crippen LogP contribution in [0.15, 0.2) is 78.0 Å². The molecular formula is C50H56FN7O9S. The first-order chi connectivity index (χ1) is 32.5. The first-order valence-electron chi connectivity index (χ1n) is 23.6. The van der Waals surface area contributed by atoms with Gasteiger partial charge >= 0.3 is 0 Å². The first-order valence-corrected chi connectivity index (χ1v) is 25.1. The topological polar surface area (TPSA) is 209 Å². The van der Waals surface area contributed by atoms with Gasteiger partial charge in [-0.1, -0.05) is 38.1 Å². The van der Waals surface area contributed by atoms with Crippen LogP contribution in [0.3, 0.4) is 0 Å². The number of ether oxygens (including phenoxy) is 2. The Morgan fingerprint density at radius 3 is 2.54 bits per heavy atom. The number of piperidine rings is 1. The third-order valence-electron chi connectivity index (χ3n) is 15.3. The highest BCUT2D eigenvalue weighted by molar-refractivity contribution is 7.90. The van der Waals surface area contributed by atoms with E-state index in [1.165, 1.54) is 35.7 Å². The van der Waals surface area contributed by atoms with Gasteiger partial charge in [-0.05, 0) is 111 Å². The number of nitro benzene ring substituents is 1. The van der Waals surface area contributed by atoms with Crippen molar-refractivity contribution in [1.29, 1.82) is 0 Å². The number of aliphatic hydroxyl groups is 1. The predicted molar refractivity (Wildman–Crippen MR) is 252 cm³/mol. The Labute approximate surface area is 393 Å². The molecule has 10 rings (SSSR count). The van der Waals surface area contributed by atoms with Crippen LogP contribution in [-0.2, 0) is 14.8 Å². The number of likely N-dealkylation sites (tertiary alicyclic amines) is 1. The number of carbonyl (C=O) groups excluding carboxylic acids is 2. The molecule has 2 atom stereocenters. The zero-order valence-corrected chi connectivity index (χ0v) is 39.1. The highest BCUT2D eigenvalue weighted by atomic mass is 32.2. The van der Waals surface area contributed by atoms with Gasteiger partial charge < -0.3 is 34.7 Å². The van der Waals surface area contributed by atoms with E-state index in [4.69, 9.17) is 9.47 Å². The smallest absolute Gasteiger partial charge is 0.297 e. The van der Waals surface area contributed by atoms with Crippen LogP contribution in [0.2, 0.25) is 0 Å². The third kappa shape index (κ3) is 8.61. The van der Waals surface area contributed by atoms with Crippen molar-refractivity contribution in [3.8, 4) is 17.2 Å². The number of nitro groups is 1. The SMILES string of the molecule is CC(C)c1ccccc1[C@@H]1CCC(=O)N1C1CC2(CCN(c3ccc(C(=O)NS(=O)(=O)c4cc5c(c([N+](=O)[O-])c4)N[C@@H]([C@H]4CC[C@](C)(O)CC4)CO5)c(Oc4cnc5[nH]cc(F)c5c4)c3)CC2)C1. The maximum absolute atomic E-state index is 14.7. The second-order valence-electron chi connectivity index (χ2n) is 20.1. The molecule has 4 fully saturated rings. The molecule has 2 aromatic heterocycles. The summed E-state index contributed by atoms with van der Waals surface area (Å²) in [6, 6.07) is 16.8. The van der Waals surface area contributed by atoms with Gasteiger partial charge in [0.25, 0.3) is 21.6 Å². The van der Waals surface area contributed by atoms with E-state index in [0.717, 1.165) is 49.9 Å². The standard InChI is InChI=1S/C50H56FN7O9S/c1-29(2)35-6-4-5-7-36(35)41-10-11-45(59)57(41)32-24-50(25-32)16-18-56(19-17-50)31-8-9-37(43(20-31)67-33-21-38-39(51)27-53-47(38)52-26-33)48(60)55-68(64,65)34-22-42(58(62)63)46-44(23-34)66-28-40(54-46)30-12-14-49(3,61)15-13-30/h4-9,20-23,26-27,29-30,32,40-41,54,61H,10-19,24-25,28H2,1-3H3,(H,52,53)(H,55,60)/t30-,40-,41+,49-/m1/s1. The summed E-state index contributed by atoms with van der Waals surface area (Å²) in [6.07, 6.45) is 10.1. The number of halogens is 1. The minimum atomic E-state index is -4.74. The maximum Gasteiger partial charge on any atom is 0.297 e. The summed E-state index contributed by atoms with van der Waals surface area (Å²) in [7, 11) is -4.74. The summed E-state index contributed by atoms with van der Waals surface area (Å²) in [6.45, 7) is 7.69. The number of hydrogen-bond acceptors (Lipinski definition) is 12. The average Bonchev–Trinajstić information content (AvgIpc) is 3.88. The fraction of sp³-hybridized carbons (Fsp3) is 0.460. The zero-order chi connectivity index (χ0) is 47.7. The van der Waals surface area contributed by atoms with E-state index < -0.39 is 42.9 Å². The van der Waals surface area contributed by atoms with E-state index in [1.807, 2.05) is 0 Å². The molecule has 0 radical (unpaired) electrons. The molecule has 358 valence electrons. The molecule has 5 aromatic rings. The van der Waals surface area contributed by atoms with Crippen molar-refractivity contribution in [2.45, 2.75) is 120 Å². The van der Waals surface area contributed by atoms with E-state index in [9.17, 15) is 37.6 Å². The number of sulfonamides is 1. The molecule has 4 N–H and O–H groups in total. The van der Waals surface area contributed by atoms with Crippen molar-refractivity contribution in [1.82, 2.24) is 19.6 Å². The zero-order valence-electron chi connectivity index (χ0n) is 38.3. The van der Waals surface area contributed by atoms with Crippen molar-refractivity contribution in [3.05, 3.63) is 106 Å². The monoisotopic (exact) mass is 949 g/mol. The Morgan fingerprint density at radius 1 is 1.06 bits per heavy atom. The summed E-state index contributed by atoms with van der Waals surface area (Å²) in [5, 5.41) is 26.2. The molecule has 1 spiro atoms. The Hall–Kier alpha value is -6.27. The number of nitrogens with zero attached hydrogens (tertiary/aromatic N) is 4. The number of pyridine rings is 1. The molecule has 2 amide bonds. The Bertz CT molecular complexity index is 2920. The van der Waals surface area contributed by atoms with E-state index in [0.29, 0.717) is 51.1 Å². The van der Waals surface area contributed by atoms with E-state index in [-0.39, 0.29) is 81.5 Å². The molecule has 16 nitrogen and oxygen atoms in total. The summed E-state index contributed by atoms with van der Waals surface area (Å²) < 4.78 is 56.9. The average molecular weight is 950 g/mol. The van der Waals surface area contributed by atoms with Gasteiger partial charge in [0.1, 0.15) is 29.6 Å². The molecular weight excluding hydrogens is 894 g/mol. The van der Waals surface area contributed by atoms with E-state index in [1.54, 1.807) is 19.1 Å². The van der Waals surface area contributed by atoms with Crippen molar-refractivity contribution in [3.63, 3.8) is 0 Å². The first kappa shape index (κ1) is 45.5. The van der Waals surface area contributed by atoms with Gasteiger partial charge in [0.05, 0.1) is 44.7 Å². The lowest BCUT2D eigenvalue weighted by Crippen LogP contribution is -2.55. The van der Waals surface area contributed by atoms with Gasteiger partial charge in [-0.25, -0.2) is 22.5 Å². The van der Waals surface area contributed by atoms with Crippen molar-refractivity contribution in [2.24, 2.45) is 11.3 Å². The number of carbonyl (C=O) groups is 2. The number of fused-ring (bicyclic) bond motifs is 2. The number of rotatable bonds is 11. The molecule has 3 aliphatic heterocycles. The molecule has 2 saturated carbocycles. The fourth-order valence-corrected chi connectivity index (χ4v) is 12.4. The molecule has 5 aliphatic rings. The minimum Gasteiger partial charge on any atom is -0.489 e. The summed E-state index contributed by atoms with van der Waals surface area (Å²) in [5.74, 6) is -0.927. The molecule has 68 heavy (non-hydrogen) atoms. The second-order valence-corrected chi connectivity index (χ2v) is 21.8. The van der Waals surface area contributed by atoms with Crippen molar-refractivity contribution >= 4 is 49.9 Å². The number of anilines is 2. The minimum absolute atomic E-state index is 0.0178.